The fraction of sp³-hybridized carbons (Fsp3) is 0.500. The Morgan fingerprint density at radius 3 is 2.61 bits per heavy atom. The number of aromatic nitrogens is 2. The summed E-state index contributed by atoms with van der Waals surface area (Å²) in [6.07, 6.45) is -0.325. The number of nitrogens with one attached hydrogen (secondary N) is 1. The van der Waals surface area contributed by atoms with Crippen LogP contribution < -0.4 is 5.32 Å². The van der Waals surface area contributed by atoms with Crippen molar-refractivity contribution in [3.8, 4) is 0 Å². The van der Waals surface area contributed by atoms with Crippen molar-refractivity contribution < 1.29 is 5.11 Å². The summed E-state index contributed by atoms with van der Waals surface area (Å²) in [5.41, 5.74) is 4.40. The predicted octanol–water partition coefficient (Wildman–Crippen LogP) is 3.31. The summed E-state index contributed by atoms with van der Waals surface area (Å²) in [4.78, 5) is 0. The standard InChI is InChI=1S/C18H26ClN3O/c1-12(2)18(23)10-20-9-16-13(3)21-22(14(16)4)11-15-7-5-6-8-17(15)19/h5-8,12,18,20,23H,9-11H2,1-4H3. The molecule has 126 valence electrons. The maximum atomic E-state index is 9.88. The van der Waals surface area contributed by atoms with E-state index < -0.39 is 0 Å². The van der Waals surface area contributed by atoms with Crippen molar-refractivity contribution >= 4 is 11.6 Å². The number of aryl methyl sites for hydroxylation is 1. The van der Waals surface area contributed by atoms with Gasteiger partial charge in [0.25, 0.3) is 0 Å². The largest absolute Gasteiger partial charge is 0.392 e. The number of benzene rings is 1. The number of rotatable bonds is 7. The van der Waals surface area contributed by atoms with E-state index in [2.05, 4.69) is 17.3 Å². The molecule has 1 aromatic carbocycles. The van der Waals surface area contributed by atoms with E-state index in [1.54, 1.807) is 0 Å². The Kier molecular flexibility index (Phi) is 6.22. The van der Waals surface area contributed by atoms with Gasteiger partial charge in [-0.25, -0.2) is 0 Å². The van der Waals surface area contributed by atoms with Gasteiger partial charge in [0.1, 0.15) is 0 Å². The number of halogens is 1. The molecule has 2 N–H and O–H groups in total. The zero-order valence-corrected chi connectivity index (χ0v) is 15.1. The van der Waals surface area contributed by atoms with Gasteiger partial charge in [-0.1, -0.05) is 43.6 Å². The van der Waals surface area contributed by atoms with Crippen molar-refractivity contribution in [1.29, 1.82) is 0 Å². The van der Waals surface area contributed by atoms with Crippen molar-refractivity contribution in [2.45, 2.75) is 46.9 Å². The van der Waals surface area contributed by atoms with E-state index >= 15 is 0 Å². The normalized spacial score (nSPS) is 12.8. The van der Waals surface area contributed by atoms with Crippen LogP contribution in [0.1, 0.15) is 36.4 Å². The second kappa shape index (κ2) is 7.95. The van der Waals surface area contributed by atoms with Gasteiger partial charge in [-0.05, 0) is 31.4 Å². The van der Waals surface area contributed by atoms with Crippen molar-refractivity contribution in [3.63, 3.8) is 0 Å². The summed E-state index contributed by atoms with van der Waals surface area (Å²) in [5, 5.41) is 18.6. The third-order valence-corrected chi connectivity index (χ3v) is 4.60. The van der Waals surface area contributed by atoms with Gasteiger partial charge < -0.3 is 10.4 Å². The van der Waals surface area contributed by atoms with Gasteiger partial charge in [0.2, 0.25) is 0 Å². The fourth-order valence-corrected chi connectivity index (χ4v) is 2.71. The minimum atomic E-state index is -0.325. The molecule has 1 unspecified atom stereocenters. The van der Waals surface area contributed by atoms with Crippen LogP contribution in [-0.2, 0) is 13.1 Å². The van der Waals surface area contributed by atoms with E-state index in [4.69, 9.17) is 11.6 Å². The van der Waals surface area contributed by atoms with Gasteiger partial charge in [0.15, 0.2) is 0 Å². The first kappa shape index (κ1) is 18.0. The number of nitrogens with zero attached hydrogens (tertiary/aromatic N) is 2. The van der Waals surface area contributed by atoms with Crippen LogP contribution in [0, 0.1) is 19.8 Å². The summed E-state index contributed by atoms with van der Waals surface area (Å²) in [6, 6.07) is 7.85. The first-order chi connectivity index (χ1) is 10.9. The summed E-state index contributed by atoms with van der Waals surface area (Å²) >= 11 is 6.24. The Hall–Kier alpha value is -1.36. The SMILES string of the molecule is Cc1nn(Cc2ccccc2Cl)c(C)c1CNCC(O)C(C)C. The highest BCUT2D eigenvalue weighted by Gasteiger charge is 2.14. The maximum Gasteiger partial charge on any atom is 0.0687 e. The summed E-state index contributed by atoms with van der Waals surface area (Å²) < 4.78 is 1.99. The zero-order valence-electron chi connectivity index (χ0n) is 14.3. The first-order valence-electron chi connectivity index (χ1n) is 8.05. The molecule has 5 heteroatoms. The van der Waals surface area contributed by atoms with Crippen molar-refractivity contribution in [1.82, 2.24) is 15.1 Å². The Bertz CT molecular complexity index is 652. The van der Waals surface area contributed by atoms with Gasteiger partial charge >= 0.3 is 0 Å². The van der Waals surface area contributed by atoms with E-state index in [9.17, 15) is 5.11 Å². The van der Waals surface area contributed by atoms with E-state index in [0.29, 0.717) is 19.6 Å². The molecule has 0 fully saturated rings. The fourth-order valence-electron chi connectivity index (χ4n) is 2.51. The molecule has 1 aromatic heterocycles. The Morgan fingerprint density at radius 2 is 1.96 bits per heavy atom. The van der Waals surface area contributed by atoms with Crippen LogP contribution in [0.2, 0.25) is 5.02 Å². The van der Waals surface area contributed by atoms with Gasteiger partial charge in [-0.3, -0.25) is 4.68 Å². The molecule has 0 aliphatic rings. The molecule has 0 spiro atoms. The van der Waals surface area contributed by atoms with Crippen LogP contribution in [0.4, 0.5) is 0 Å². The van der Waals surface area contributed by atoms with Crippen LogP contribution in [0.3, 0.4) is 0 Å². The molecular weight excluding hydrogens is 310 g/mol. The number of hydrogen-bond donors (Lipinski definition) is 2. The molecule has 1 heterocycles. The third kappa shape index (κ3) is 4.56. The lowest BCUT2D eigenvalue weighted by molar-refractivity contribution is 0.123. The molecular formula is C18H26ClN3O. The predicted molar refractivity (Wildman–Crippen MR) is 94.8 cm³/mol. The Morgan fingerprint density at radius 1 is 1.26 bits per heavy atom. The van der Waals surface area contributed by atoms with Crippen molar-refractivity contribution in [2.24, 2.45) is 5.92 Å². The molecule has 1 atom stereocenters. The van der Waals surface area contributed by atoms with Crippen molar-refractivity contribution in [2.75, 3.05) is 6.54 Å². The number of aliphatic hydroxyl groups excluding tert-OH is 1. The molecule has 0 saturated heterocycles. The number of hydrogen-bond acceptors (Lipinski definition) is 3. The number of aliphatic hydroxyl groups is 1. The second-order valence-corrected chi connectivity index (χ2v) is 6.75. The average Bonchev–Trinajstić information content (AvgIpc) is 2.76. The highest BCUT2D eigenvalue weighted by molar-refractivity contribution is 6.31. The van der Waals surface area contributed by atoms with E-state index in [1.807, 2.05) is 49.7 Å². The molecule has 2 rings (SSSR count). The molecule has 4 nitrogen and oxygen atoms in total. The minimum absolute atomic E-state index is 0.257. The molecule has 0 bridgehead atoms. The monoisotopic (exact) mass is 335 g/mol. The van der Waals surface area contributed by atoms with Crippen LogP contribution in [0.15, 0.2) is 24.3 Å². The summed E-state index contributed by atoms with van der Waals surface area (Å²) in [7, 11) is 0. The average molecular weight is 336 g/mol. The third-order valence-electron chi connectivity index (χ3n) is 4.23. The van der Waals surface area contributed by atoms with Crippen LogP contribution in [0.5, 0.6) is 0 Å². The van der Waals surface area contributed by atoms with Crippen LogP contribution >= 0.6 is 11.6 Å². The molecule has 0 amide bonds. The lowest BCUT2D eigenvalue weighted by atomic mass is 10.1. The highest BCUT2D eigenvalue weighted by atomic mass is 35.5. The molecule has 0 radical (unpaired) electrons. The van der Waals surface area contributed by atoms with Crippen LogP contribution in [-0.4, -0.2) is 27.5 Å². The molecule has 2 aromatic rings. The van der Waals surface area contributed by atoms with E-state index in [1.165, 1.54) is 5.56 Å². The van der Waals surface area contributed by atoms with E-state index in [-0.39, 0.29) is 12.0 Å². The zero-order chi connectivity index (χ0) is 17.0. The van der Waals surface area contributed by atoms with Gasteiger partial charge in [-0.15, -0.1) is 0 Å². The quantitative estimate of drug-likeness (QED) is 0.816. The molecule has 0 saturated carbocycles. The minimum Gasteiger partial charge on any atom is -0.392 e. The van der Waals surface area contributed by atoms with E-state index in [0.717, 1.165) is 22.0 Å². The van der Waals surface area contributed by atoms with Crippen molar-refractivity contribution in [3.05, 3.63) is 51.8 Å². The Balaban J connectivity index is 2.06. The van der Waals surface area contributed by atoms with Gasteiger partial charge in [-0.2, -0.15) is 5.10 Å². The molecule has 0 aliphatic carbocycles. The molecule has 23 heavy (non-hydrogen) atoms. The van der Waals surface area contributed by atoms with Gasteiger partial charge in [0, 0.05) is 29.4 Å². The Labute approximate surface area is 143 Å². The summed E-state index contributed by atoms with van der Waals surface area (Å²) in [6.45, 7) is 10.1. The smallest absolute Gasteiger partial charge is 0.0687 e. The first-order valence-corrected chi connectivity index (χ1v) is 8.43. The lowest BCUT2D eigenvalue weighted by Gasteiger charge is -2.15. The maximum absolute atomic E-state index is 9.88. The van der Waals surface area contributed by atoms with Crippen LogP contribution in [0.25, 0.3) is 0 Å². The second-order valence-electron chi connectivity index (χ2n) is 6.34. The topological polar surface area (TPSA) is 50.1 Å². The van der Waals surface area contributed by atoms with Gasteiger partial charge in [0.05, 0.1) is 18.3 Å². The molecule has 0 aliphatic heterocycles. The summed E-state index contributed by atoms with van der Waals surface area (Å²) in [5.74, 6) is 0.257. The highest BCUT2D eigenvalue weighted by Crippen LogP contribution is 2.19. The lowest BCUT2D eigenvalue weighted by Crippen LogP contribution is -2.30.